The third-order valence-corrected chi connectivity index (χ3v) is 3.35. The summed E-state index contributed by atoms with van der Waals surface area (Å²) in [5, 5.41) is 0. The van der Waals surface area contributed by atoms with Gasteiger partial charge in [0.2, 0.25) is 0 Å². The number of alkyl halides is 1. The van der Waals surface area contributed by atoms with Crippen molar-refractivity contribution in [3.05, 3.63) is 29.6 Å². The number of ether oxygens (including phenoxy) is 1. The number of nitrogens with two attached hydrogens (primary N) is 2. The Hall–Kier alpha value is -1.85. The molecule has 0 aromatic heterocycles. The molecule has 4 N–H and O–H groups in total. The molecule has 1 heterocycles. The van der Waals surface area contributed by atoms with E-state index in [1.807, 2.05) is 0 Å². The van der Waals surface area contributed by atoms with Gasteiger partial charge in [-0.25, -0.2) is 13.8 Å². The van der Waals surface area contributed by atoms with Crippen LogP contribution in [0.5, 0.6) is 0 Å². The van der Waals surface area contributed by atoms with Gasteiger partial charge in [0.1, 0.15) is 18.0 Å². The van der Waals surface area contributed by atoms with Crippen LogP contribution in [0.15, 0.2) is 23.2 Å². The van der Waals surface area contributed by atoms with Crippen molar-refractivity contribution in [1.82, 2.24) is 0 Å². The SMILES string of the molecule is CC1(F)COC(N)=NC1(C)c1cc(N)ccc1F. The lowest BCUT2D eigenvalue weighted by atomic mass is 9.78. The molecule has 0 aliphatic carbocycles. The summed E-state index contributed by atoms with van der Waals surface area (Å²) in [6.07, 6.45) is 0. The Balaban J connectivity index is 2.65. The summed E-state index contributed by atoms with van der Waals surface area (Å²) in [4.78, 5) is 3.94. The zero-order valence-electron chi connectivity index (χ0n) is 10.2. The van der Waals surface area contributed by atoms with Crippen LogP contribution in [-0.4, -0.2) is 18.3 Å². The van der Waals surface area contributed by atoms with Crippen LogP contribution in [0.1, 0.15) is 19.4 Å². The van der Waals surface area contributed by atoms with Crippen molar-refractivity contribution in [2.45, 2.75) is 25.1 Å². The van der Waals surface area contributed by atoms with Gasteiger partial charge in [0.25, 0.3) is 6.02 Å². The molecule has 1 aliphatic heterocycles. The van der Waals surface area contributed by atoms with Crippen molar-refractivity contribution >= 4 is 11.7 Å². The standard InChI is InChI=1S/C12H15F2N3O/c1-11(14)6-18-10(16)17-12(11,2)8-5-7(15)3-4-9(8)13/h3-5H,6,15H2,1-2H3,(H2,16,17). The fourth-order valence-corrected chi connectivity index (χ4v) is 1.98. The highest BCUT2D eigenvalue weighted by Gasteiger charge is 2.51. The van der Waals surface area contributed by atoms with Gasteiger partial charge in [-0.15, -0.1) is 0 Å². The van der Waals surface area contributed by atoms with Gasteiger partial charge in [0.15, 0.2) is 5.67 Å². The van der Waals surface area contributed by atoms with Crippen LogP contribution in [-0.2, 0) is 10.3 Å². The molecule has 0 saturated heterocycles. The maximum Gasteiger partial charge on any atom is 0.283 e. The lowest BCUT2D eigenvalue weighted by molar-refractivity contribution is 0.00404. The molecular weight excluding hydrogens is 240 g/mol. The highest BCUT2D eigenvalue weighted by molar-refractivity contribution is 5.73. The third-order valence-electron chi connectivity index (χ3n) is 3.35. The van der Waals surface area contributed by atoms with Crippen LogP contribution in [0.3, 0.4) is 0 Å². The van der Waals surface area contributed by atoms with Crippen LogP contribution in [0.2, 0.25) is 0 Å². The average molecular weight is 255 g/mol. The van der Waals surface area contributed by atoms with Crippen molar-refractivity contribution < 1.29 is 13.5 Å². The molecule has 0 spiro atoms. The highest BCUT2D eigenvalue weighted by atomic mass is 19.1. The van der Waals surface area contributed by atoms with Gasteiger partial charge in [-0.3, -0.25) is 0 Å². The second-order valence-electron chi connectivity index (χ2n) is 4.75. The van der Waals surface area contributed by atoms with Crippen LogP contribution in [0.25, 0.3) is 0 Å². The maximum atomic E-state index is 14.6. The normalized spacial score (nSPS) is 31.7. The molecule has 18 heavy (non-hydrogen) atoms. The molecule has 1 aromatic rings. The van der Waals surface area contributed by atoms with E-state index in [1.54, 1.807) is 0 Å². The maximum absolute atomic E-state index is 14.6. The fourth-order valence-electron chi connectivity index (χ4n) is 1.98. The minimum atomic E-state index is -1.88. The van der Waals surface area contributed by atoms with Gasteiger partial charge >= 0.3 is 0 Å². The third kappa shape index (κ3) is 1.77. The summed E-state index contributed by atoms with van der Waals surface area (Å²) in [6.45, 7) is 2.48. The molecule has 0 radical (unpaired) electrons. The Morgan fingerprint density at radius 3 is 2.67 bits per heavy atom. The van der Waals surface area contributed by atoms with E-state index in [2.05, 4.69) is 4.99 Å². The second-order valence-corrected chi connectivity index (χ2v) is 4.75. The highest BCUT2D eigenvalue weighted by Crippen LogP contribution is 2.43. The molecule has 2 rings (SSSR count). The van der Waals surface area contributed by atoms with Crippen LogP contribution in [0, 0.1) is 5.82 Å². The molecule has 0 saturated carbocycles. The Morgan fingerprint density at radius 1 is 1.33 bits per heavy atom. The van der Waals surface area contributed by atoms with Crippen molar-refractivity contribution in [2.75, 3.05) is 12.3 Å². The van der Waals surface area contributed by atoms with Gasteiger partial charge in [-0.05, 0) is 32.0 Å². The predicted octanol–water partition coefficient (Wildman–Crippen LogP) is 1.70. The Kier molecular flexibility index (Phi) is 2.68. The first-order chi connectivity index (χ1) is 8.26. The number of amidine groups is 1. The number of benzene rings is 1. The molecule has 0 amide bonds. The largest absolute Gasteiger partial charge is 0.462 e. The van der Waals surface area contributed by atoms with E-state index in [4.69, 9.17) is 16.2 Å². The summed E-state index contributed by atoms with van der Waals surface area (Å²) in [5.74, 6) is -0.575. The second kappa shape index (κ2) is 3.83. The topological polar surface area (TPSA) is 73.6 Å². The van der Waals surface area contributed by atoms with E-state index in [1.165, 1.54) is 32.0 Å². The number of nitrogens with zero attached hydrogens (tertiary/aromatic N) is 1. The van der Waals surface area contributed by atoms with Gasteiger partial charge < -0.3 is 16.2 Å². The average Bonchev–Trinajstić information content (AvgIpc) is 2.28. The Bertz CT molecular complexity index is 516. The number of anilines is 1. The van der Waals surface area contributed by atoms with Crippen molar-refractivity contribution in [3.8, 4) is 0 Å². The number of halogens is 2. The van der Waals surface area contributed by atoms with E-state index < -0.39 is 17.0 Å². The summed E-state index contributed by atoms with van der Waals surface area (Å²) in [6, 6.07) is 3.81. The monoisotopic (exact) mass is 255 g/mol. The van der Waals surface area contributed by atoms with Gasteiger partial charge in [-0.2, -0.15) is 0 Å². The molecule has 2 atom stereocenters. The minimum absolute atomic E-state index is 0.0683. The van der Waals surface area contributed by atoms with Crippen molar-refractivity contribution in [1.29, 1.82) is 0 Å². The summed E-state index contributed by atoms with van der Waals surface area (Å²) >= 11 is 0. The van der Waals surface area contributed by atoms with E-state index >= 15 is 0 Å². The lowest BCUT2D eigenvalue weighted by Gasteiger charge is -2.40. The zero-order chi connectivity index (χ0) is 13.6. The Labute approximate surface area is 104 Å². The lowest BCUT2D eigenvalue weighted by Crippen LogP contribution is -2.52. The van der Waals surface area contributed by atoms with Crippen molar-refractivity contribution in [3.63, 3.8) is 0 Å². The first-order valence-electron chi connectivity index (χ1n) is 5.49. The molecule has 1 aliphatic rings. The number of hydrogen-bond acceptors (Lipinski definition) is 4. The number of rotatable bonds is 1. The number of hydrogen-bond donors (Lipinski definition) is 2. The quantitative estimate of drug-likeness (QED) is 0.750. The summed E-state index contributed by atoms with van der Waals surface area (Å²) in [5.41, 5.74) is 8.14. The van der Waals surface area contributed by atoms with E-state index in [0.717, 1.165) is 0 Å². The van der Waals surface area contributed by atoms with Gasteiger partial charge in [0.05, 0.1) is 0 Å². The van der Waals surface area contributed by atoms with Crippen molar-refractivity contribution in [2.24, 2.45) is 10.7 Å². The van der Waals surface area contributed by atoms with Gasteiger partial charge in [-0.1, -0.05) is 0 Å². The summed E-state index contributed by atoms with van der Waals surface area (Å²) in [7, 11) is 0. The van der Waals surface area contributed by atoms with Crippen LogP contribution < -0.4 is 11.5 Å². The number of aliphatic imine (C=N–C) groups is 1. The zero-order valence-corrected chi connectivity index (χ0v) is 10.2. The smallest absolute Gasteiger partial charge is 0.283 e. The molecular formula is C12H15F2N3O. The van der Waals surface area contributed by atoms with Crippen LogP contribution >= 0.6 is 0 Å². The molecule has 98 valence electrons. The van der Waals surface area contributed by atoms with E-state index in [9.17, 15) is 8.78 Å². The minimum Gasteiger partial charge on any atom is -0.462 e. The molecule has 6 heteroatoms. The molecule has 2 unspecified atom stereocenters. The molecule has 0 bridgehead atoms. The first kappa shape index (κ1) is 12.6. The van der Waals surface area contributed by atoms with E-state index in [0.29, 0.717) is 5.69 Å². The Morgan fingerprint density at radius 2 is 2.00 bits per heavy atom. The summed E-state index contributed by atoms with van der Waals surface area (Å²) < 4.78 is 33.4. The number of nitrogen functional groups attached to an aromatic ring is 1. The van der Waals surface area contributed by atoms with E-state index in [-0.39, 0.29) is 18.2 Å². The molecule has 1 aromatic carbocycles. The predicted molar refractivity (Wildman–Crippen MR) is 65.3 cm³/mol. The first-order valence-corrected chi connectivity index (χ1v) is 5.49. The molecule has 4 nitrogen and oxygen atoms in total. The van der Waals surface area contributed by atoms with Crippen LogP contribution in [0.4, 0.5) is 14.5 Å². The molecule has 0 fully saturated rings. The fraction of sp³-hybridized carbons (Fsp3) is 0.417. The van der Waals surface area contributed by atoms with Gasteiger partial charge in [0, 0.05) is 11.3 Å².